The molecule has 0 aliphatic carbocycles. The minimum Gasteiger partial charge on any atom is -0.369 e. The van der Waals surface area contributed by atoms with Gasteiger partial charge in [0.15, 0.2) is 5.78 Å². The molecule has 3 aromatic rings. The monoisotopic (exact) mass is 415 g/mol. The molecular formula is C23H28FN2O2S+. The van der Waals surface area contributed by atoms with Gasteiger partial charge in [0.2, 0.25) is 6.33 Å². The molecule has 1 atom stereocenters. The summed E-state index contributed by atoms with van der Waals surface area (Å²) in [4.78, 5) is 13.4. The third-order valence-corrected chi connectivity index (χ3v) is 5.75. The van der Waals surface area contributed by atoms with Crippen molar-refractivity contribution >= 4 is 17.1 Å². The van der Waals surface area contributed by atoms with Gasteiger partial charge in [-0.1, -0.05) is 19.4 Å². The number of aryl methyl sites for hydroxylation is 1. The molecule has 0 saturated carbocycles. The van der Waals surface area contributed by atoms with E-state index in [1.165, 1.54) is 17.0 Å². The largest absolute Gasteiger partial charge is 0.369 e. The van der Waals surface area contributed by atoms with Gasteiger partial charge >= 0.3 is 0 Å². The molecule has 1 aromatic carbocycles. The molecule has 1 unspecified atom stereocenters. The highest BCUT2D eigenvalue weighted by atomic mass is 32.1. The number of thiophene rings is 1. The van der Waals surface area contributed by atoms with Gasteiger partial charge in [-0.2, -0.15) is 0 Å². The number of carbonyl (C=O) groups is 1. The Balaban J connectivity index is 1.50. The number of ketones is 1. The number of unbranched alkanes of at least 4 members (excludes halogenated alkanes) is 1. The minimum atomic E-state index is -0.321. The summed E-state index contributed by atoms with van der Waals surface area (Å²) < 4.78 is 23.3. The van der Waals surface area contributed by atoms with Gasteiger partial charge in [0.1, 0.15) is 30.9 Å². The maximum absolute atomic E-state index is 13.0. The highest BCUT2D eigenvalue weighted by molar-refractivity contribution is 7.10. The number of carbonyl (C=O) groups excluding carboxylic acids is 1. The maximum Gasteiger partial charge on any atom is 0.243 e. The first-order valence-corrected chi connectivity index (χ1v) is 11.0. The van der Waals surface area contributed by atoms with Crippen molar-refractivity contribution in [2.75, 3.05) is 6.61 Å². The summed E-state index contributed by atoms with van der Waals surface area (Å²) in [5, 5.41) is 2.08. The zero-order chi connectivity index (χ0) is 20.5. The van der Waals surface area contributed by atoms with Crippen LogP contribution in [0.1, 0.15) is 53.9 Å². The summed E-state index contributed by atoms with van der Waals surface area (Å²) in [5.41, 5.74) is 0.567. The zero-order valence-corrected chi connectivity index (χ0v) is 17.6. The van der Waals surface area contributed by atoms with Crippen LogP contribution < -0.4 is 4.57 Å². The average molecular weight is 416 g/mol. The third kappa shape index (κ3) is 6.61. The summed E-state index contributed by atoms with van der Waals surface area (Å²) in [6.45, 7) is 4.47. The van der Waals surface area contributed by atoms with E-state index in [4.69, 9.17) is 4.74 Å². The quantitative estimate of drug-likeness (QED) is 0.232. The van der Waals surface area contributed by atoms with Crippen LogP contribution in [0.2, 0.25) is 0 Å². The number of hydrogen-bond donors (Lipinski definition) is 0. The molecule has 0 N–H and O–H groups in total. The van der Waals surface area contributed by atoms with Crippen LogP contribution in [0.15, 0.2) is 60.5 Å². The van der Waals surface area contributed by atoms with E-state index in [1.807, 2.05) is 12.4 Å². The number of benzene rings is 1. The van der Waals surface area contributed by atoms with Crippen molar-refractivity contribution < 1.29 is 18.5 Å². The normalized spacial score (nSPS) is 12.2. The number of ether oxygens (including phenoxy) is 1. The minimum absolute atomic E-state index is 0.0483. The van der Waals surface area contributed by atoms with Gasteiger partial charge in [-0.25, -0.2) is 13.5 Å². The second-order valence-electron chi connectivity index (χ2n) is 7.11. The van der Waals surface area contributed by atoms with Crippen LogP contribution in [-0.4, -0.2) is 17.0 Å². The SMILES string of the molecule is CCCCOC(C[n+]1ccn(CCCC(=O)c2ccc(F)cc2)c1)c1cccs1. The van der Waals surface area contributed by atoms with Crippen molar-refractivity contribution in [3.63, 3.8) is 0 Å². The standard InChI is InChI=1S/C23H28FN2O2S/c1-2-3-15-28-22(23-7-5-16-29-23)17-26-14-13-25(18-26)12-4-6-21(27)19-8-10-20(24)11-9-19/h5,7-11,13-14,16,18,22H,2-4,6,12,15,17H2,1H3/q+1. The fraction of sp³-hybridized carbons (Fsp3) is 0.391. The van der Waals surface area contributed by atoms with E-state index >= 15 is 0 Å². The highest BCUT2D eigenvalue weighted by Gasteiger charge is 2.17. The molecule has 0 fully saturated rings. The molecule has 0 aliphatic rings. The summed E-state index contributed by atoms with van der Waals surface area (Å²) in [5.74, 6) is -0.273. The number of aromatic nitrogens is 2. The van der Waals surface area contributed by atoms with Crippen LogP contribution in [0.3, 0.4) is 0 Å². The first-order chi connectivity index (χ1) is 14.2. The van der Waals surface area contributed by atoms with Crippen LogP contribution in [-0.2, 0) is 17.8 Å². The number of Topliss-reactive ketones (excluding diaryl/α,β-unsaturated/α-hetero) is 1. The van der Waals surface area contributed by atoms with Crippen LogP contribution in [0.5, 0.6) is 0 Å². The molecule has 0 aliphatic heterocycles. The molecule has 0 bridgehead atoms. The van der Waals surface area contributed by atoms with E-state index in [-0.39, 0.29) is 17.7 Å². The third-order valence-electron chi connectivity index (χ3n) is 4.79. The fourth-order valence-corrected chi connectivity index (χ4v) is 3.91. The number of rotatable bonds is 12. The molecule has 6 heteroatoms. The summed E-state index contributed by atoms with van der Waals surface area (Å²) in [6, 6.07) is 9.93. The van der Waals surface area contributed by atoms with Crippen LogP contribution >= 0.6 is 11.3 Å². The molecule has 3 rings (SSSR count). The molecular weight excluding hydrogens is 387 g/mol. The number of halogens is 1. The molecule has 0 radical (unpaired) electrons. The Morgan fingerprint density at radius 1 is 1.24 bits per heavy atom. The maximum atomic E-state index is 13.0. The predicted molar refractivity (Wildman–Crippen MR) is 113 cm³/mol. The Kier molecular flexibility index (Phi) is 8.14. The predicted octanol–water partition coefficient (Wildman–Crippen LogP) is 5.20. The smallest absolute Gasteiger partial charge is 0.243 e. The second-order valence-corrected chi connectivity index (χ2v) is 8.09. The Morgan fingerprint density at radius 2 is 2.07 bits per heavy atom. The molecule has 29 heavy (non-hydrogen) atoms. The van der Waals surface area contributed by atoms with Crippen molar-refractivity contribution in [1.29, 1.82) is 0 Å². The lowest BCUT2D eigenvalue weighted by Crippen LogP contribution is -2.35. The van der Waals surface area contributed by atoms with Gasteiger partial charge in [0.05, 0.1) is 6.54 Å². The van der Waals surface area contributed by atoms with Crippen molar-refractivity contribution in [3.05, 3.63) is 76.8 Å². The summed E-state index contributed by atoms with van der Waals surface area (Å²) >= 11 is 1.72. The Bertz CT molecular complexity index is 875. The Hall–Kier alpha value is -2.31. The molecule has 2 heterocycles. The van der Waals surface area contributed by atoms with Gasteiger partial charge in [0.25, 0.3) is 0 Å². The lowest BCUT2D eigenvalue weighted by atomic mass is 10.1. The molecule has 154 valence electrons. The molecule has 0 saturated heterocycles. The van der Waals surface area contributed by atoms with Gasteiger partial charge in [-0.05, 0) is 48.6 Å². The Labute approximate surface area is 175 Å². The van der Waals surface area contributed by atoms with Gasteiger partial charge in [0, 0.05) is 23.5 Å². The van der Waals surface area contributed by atoms with Crippen molar-refractivity contribution in [2.45, 2.75) is 51.8 Å². The first kappa shape index (κ1) is 21.4. The van der Waals surface area contributed by atoms with Crippen molar-refractivity contribution in [2.24, 2.45) is 0 Å². The van der Waals surface area contributed by atoms with Gasteiger partial charge < -0.3 is 4.74 Å². The van der Waals surface area contributed by atoms with E-state index in [2.05, 4.69) is 39.9 Å². The van der Waals surface area contributed by atoms with E-state index in [1.54, 1.807) is 23.5 Å². The van der Waals surface area contributed by atoms with E-state index in [0.29, 0.717) is 12.0 Å². The summed E-state index contributed by atoms with van der Waals surface area (Å²) in [7, 11) is 0. The van der Waals surface area contributed by atoms with E-state index in [0.717, 1.165) is 39.0 Å². The number of hydrogen-bond acceptors (Lipinski definition) is 3. The number of imidazole rings is 1. The van der Waals surface area contributed by atoms with Gasteiger partial charge in [-0.15, -0.1) is 11.3 Å². The first-order valence-electron chi connectivity index (χ1n) is 10.1. The van der Waals surface area contributed by atoms with E-state index in [9.17, 15) is 9.18 Å². The molecule has 0 amide bonds. The van der Waals surface area contributed by atoms with Crippen molar-refractivity contribution in [3.8, 4) is 0 Å². The fourth-order valence-electron chi connectivity index (χ4n) is 3.14. The lowest BCUT2D eigenvalue weighted by Gasteiger charge is -2.14. The summed E-state index contributed by atoms with van der Waals surface area (Å²) in [6.07, 6.45) is 9.57. The van der Waals surface area contributed by atoms with Crippen LogP contribution in [0, 0.1) is 5.82 Å². The second kappa shape index (κ2) is 11.0. The zero-order valence-electron chi connectivity index (χ0n) is 16.8. The van der Waals surface area contributed by atoms with Crippen molar-refractivity contribution in [1.82, 2.24) is 4.57 Å². The highest BCUT2D eigenvalue weighted by Crippen LogP contribution is 2.23. The van der Waals surface area contributed by atoms with Crippen LogP contribution in [0.4, 0.5) is 4.39 Å². The Morgan fingerprint density at radius 3 is 2.79 bits per heavy atom. The molecule has 4 nitrogen and oxygen atoms in total. The lowest BCUT2D eigenvalue weighted by molar-refractivity contribution is -0.704. The molecule has 0 spiro atoms. The van der Waals surface area contributed by atoms with E-state index < -0.39 is 0 Å². The topological polar surface area (TPSA) is 35.1 Å². The molecule has 2 aromatic heterocycles. The average Bonchev–Trinajstić information content (AvgIpc) is 3.40. The van der Waals surface area contributed by atoms with Crippen LogP contribution in [0.25, 0.3) is 0 Å². The van der Waals surface area contributed by atoms with Gasteiger partial charge in [-0.3, -0.25) is 4.79 Å². The number of nitrogens with zero attached hydrogens (tertiary/aromatic N) is 2.